The Balaban J connectivity index is 1.45. The third kappa shape index (κ3) is 4.56. The zero-order valence-corrected chi connectivity index (χ0v) is 17.2. The van der Waals surface area contributed by atoms with Crippen molar-refractivity contribution in [3.8, 4) is 0 Å². The molecule has 0 saturated heterocycles. The lowest BCUT2D eigenvalue weighted by molar-refractivity contribution is 0.0704. The molecule has 2 aliphatic carbocycles. The molecule has 2 saturated carbocycles. The van der Waals surface area contributed by atoms with Gasteiger partial charge in [-0.2, -0.15) is 0 Å². The van der Waals surface area contributed by atoms with Gasteiger partial charge in [0.05, 0.1) is 5.56 Å². The number of hydrogen-bond acceptors (Lipinski definition) is 5. The predicted molar refractivity (Wildman–Crippen MR) is 108 cm³/mol. The number of fused-ring (bicyclic) bond motifs is 1. The zero-order valence-electron chi connectivity index (χ0n) is 17.2. The van der Waals surface area contributed by atoms with Gasteiger partial charge in [0.15, 0.2) is 0 Å². The van der Waals surface area contributed by atoms with E-state index in [1.54, 1.807) is 11.7 Å². The van der Waals surface area contributed by atoms with Gasteiger partial charge >= 0.3 is 0 Å². The summed E-state index contributed by atoms with van der Waals surface area (Å²) in [4.78, 5) is 18.9. The highest BCUT2D eigenvalue weighted by Crippen LogP contribution is 2.34. The number of aromatic nitrogens is 1. The van der Waals surface area contributed by atoms with Crippen LogP contribution in [0.4, 0.5) is 0 Å². The summed E-state index contributed by atoms with van der Waals surface area (Å²) in [5.74, 6) is 1.02. The van der Waals surface area contributed by atoms with Crippen molar-refractivity contribution in [3.05, 3.63) is 29.1 Å². The Kier molecular flexibility index (Phi) is 5.99. The minimum atomic E-state index is -0.491. The van der Waals surface area contributed by atoms with Gasteiger partial charge in [0, 0.05) is 49.5 Å². The average Bonchev–Trinajstić information content (AvgIpc) is 3.49. The van der Waals surface area contributed by atoms with E-state index in [0.29, 0.717) is 17.6 Å². The Bertz CT molecular complexity index is 704. The normalized spacial score (nSPS) is 30.7. The van der Waals surface area contributed by atoms with Gasteiger partial charge in [0.25, 0.3) is 5.91 Å². The van der Waals surface area contributed by atoms with Gasteiger partial charge in [-0.1, -0.05) is 13.8 Å². The molecule has 2 fully saturated rings. The number of carbonyl (C=O) groups excluding carboxylic acids is 1. The first-order chi connectivity index (χ1) is 13.6. The third-order valence-corrected chi connectivity index (χ3v) is 6.80. The maximum atomic E-state index is 11.8. The van der Waals surface area contributed by atoms with Crippen LogP contribution in [-0.4, -0.2) is 45.7 Å². The summed E-state index contributed by atoms with van der Waals surface area (Å²) in [6.07, 6.45) is 10.3. The van der Waals surface area contributed by atoms with E-state index >= 15 is 0 Å². The van der Waals surface area contributed by atoms with Crippen molar-refractivity contribution in [2.75, 3.05) is 6.54 Å². The van der Waals surface area contributed by atoms with Crippen LogP contribution in [0.25, 0.3) is 0 Å². The van der Waals surface area contributed by atoms with E-state index in [0.717, 1.165) is 55.1 Å². The number of nitrogens with zero attached hydrogens (tertiary/aromatic N) is 2. The molecule has 4 unspecified atom stereocenters. The molecule has 154 valence electrons. The number of carbonyl (C=O) groups is 1. The van der Waals surface area contributed by atoms with Crippen LogP contribution in [0, 0.1) is 11.8 Å². The molecule has 6 nitrogen and oxygen atoms in total. The second-order valence-corrected chi connectivity index (χ2v) is 9.28. The van der Waals surface area contributed by atoms with E-state index in [1.807, 2.05) is 6.07 Å². The molecule has 3 N–H and O–H groups in total. The Labute approximate surface area is 168 Å². The van der Waals surface area contributed by atoms with Crippen molar-refractivity contribution in [1.82, 2.24) is 20.7 Å². The minimum absolute atomic E-state index is 0.427. The van der Waals surface area contributed by atoms with E-state index in [4.69, 9.17) is 5.21 Å². The van der Waals surface area contributed by atoms with Crippen LogP contribution in [0.15, 0.2) is 12.3 Å². The first kappa shape index (κ1) is 19.8. The number of rotatable bonds is 6. The molecule has 1 aliphatic heterocycles. The van der Waals surface area contributed by atoms with Crippen LogP contribution < -0.4 is 10.8 Å². The van der Waals surface area contributed by atoms with Crippen LogP contribution in [0.3, 0.4) is 0 Å². The maximum Gasteiger partial charge on any atom is 0.276 e. The summed E-state index contributed by atoms with van der Waals surface area (Å²) < 4.78 is 0. The smallest absolute Gasteiger partial charge is 0.276 e. The summed E-state index contributed by atoms with van der Waals surface area (Å²) in [5, 5.41) is 12.8. The SMILES string of the molecule is CCC1Cc2ncc(C(=O)NO)cc2CN1CC1CC(C)CC(NC2CC2)C1. The van der Waals surface area contributed by atoms with Crippen molar-refractivity contribution in [1.29, 1.82) is 0 Å². The van der Waals surface area contributed by atoms with Gasteiger partial charge in [-0.25, -0.2) is 5.48 Å². The fourth-order valence-corrected chi connectivity index (χ4v) is 5.31. The second-order valence-electron chi connectivity index (χ2n) is 9.28. The van der Waals surface area contributed by atoms with Gasteiger partial charge < -0.3 is 5.32 Å². The molecule has 6 heteroatoms. The Morgan fingerprint density at radius 1 is 1.29 bits per heavy atom. The molecule has 28 heavy (non-hydrogen) atoms. The molecule has 0 radical (unpaired) electrons. The second kappa shape index (κ2) is 8.47. The monoisotopic (exact) mass is 386 g/mol. The first-order valence-corrected chi connectivity index (χ1v) is 11.0. The van der Waals surface area contributed by atoms with E-state index in [2.05, 4.69) is 29.0 Å². The van der Waals surface area contributed by atoms with Gasteiger partial charge in [-0.15, -0.1) is 0 Å². The minimum Gasteiger partial charge on any atom is -0.311 e. The van der Waals surface area contributed by atoms with Gasteiger partial charge in [0.2, 0.25) is 0 Å². The predicted octanol–water partition coefficient (Wildman–Crippen LogP) is 2.89. The summed E-state index contributed by atoms with van der Waals surface area (Å²) >= 11 is 0. The maximum absolute atomic E-state index is 11.8. The molecular formula is C22H34N4O2. The summed E-state index contributed by atoms with van der Waals surface area (Å²) in [6, 6.07) is 3.88. The lowest BCUT2D eigenvalue weighted by Crippen LogP contribution is -2.46. The lowest BCUT2D eigenvalue weighted by Gasteiger charge is -2.41. The lowest BCUT2D eigenvalue weighted by atomic mass is 9.78. The van der Waals surface area contributed by atoms with Crippen LogP contribution in [0.2, 0.25) is 0 Å². The zero-order chi connectivity index (χ0) is 19.7. The van der Waals surface area contributed by atoms with Crippen LogP contribution in [0.1, 0.15) is 74.0 Å². The molecule has 0 aromatic carbocycles. The molecular weight excluding hydrogens is 352 g/mol. The van der Waals surface area contributed by atoms with Crippen LogP contribution >= 0.6 is 0 Å². The number of pyridine rings is 1. The molecule has 1 aromatic rings. The highest BCUT2D eigenvalue weighted by Gasteiger charge is 2.34. The van der Waals surface area contributed by atoms with Crippen molar-refractivity contribution < 1.29 is 10.0 Å². The number of hydrogen-bond donors (Lipinski definition) is 3. The Morgan fingerprint density at radius 3 is 2.82 bits per heavy atom. The number of hydroxylamine groups is 1. The summed E-state index contributed by atoms with van der Waals surface area (Å²) in [5.41, 5.74) is 4.37. The van der Waals surface area contributed by atoms with E-state index < -0.39 is 5.91 Å². The molecule has 0 bridgehead atoms. The molecule has 1 amide bonds. The molecule has 2 heterocycles. The van der Waals surface area contributed by atoms with E-state index in [1.165, 1.54) is 32.1 Å². The summed E-state index contributed by atoms with van der Waals surface area (Å²) in [6.45, 7) is 6.64. The molecule has 4 rings (SSSR count). The Morgan fingerprint density at radius 2 is 2.11 bits per heavy atom. The summed E-state index contributed by atoms with van der Waals surface area (Å²) in [7, 11) is 0. The van der Waals surface area contributed by atoms with E-state index in [9.17, 15) is 4.79 Å². The quantitative estimate of drug-likeness (QED) is 0.518. The molecule has 0 spiro atoms. The van der Waals surface area contributed by atoms with E-state index in [-0.39, 0.29) is 0 Å². The fourth-order valence-electron chi connectivity index (χ4n) is 5.31. The van der Waals surface area contributed by atoms with Gasteiger partial charge in [0.1, 0.15) is 0 Å². The third-order valence-electron chi connectivity index (χ3n) is 6.80. The Hall–Kier alpha value is -1.50. The standard InChI is InChI=1S/C22H34N4O2/c1-3-20-10-21-17(9-16(11-23-21)22(27)25-28)13-26(20)12-15-6-14(2)7-19(8-15)24-18-4-5-18/h9,11,14-15,18-20,24,28H,3-8,10,12-13H2,1-2H3,(H,25,27). The van der Waals surface area contributed by atoms with Gasteiger partial charge in [-0.3, -0.25) is 19.9 Å². The highest BCUT2D eigenvalue weighted by molar-refractivity contribution is 5.93. The van der Waals surface area contributed by atoms with Gasteiger partial charge in [-0.05, 0) is 62.0 Å². The van der Waals surface area contributed by atoms with Crippen LogP contribution in [0.5, 0.6) is 0 Å². The highest BCUT2D eigenvalue weighted by atomic mass is 16.5. The van der Waals surface area contributed by atoms with Crippen molar-refractivity contribution in [3.63, 3.8) is 0 Å². The average molecular weight is 387 g/mol. The van der Waals surface area contributed by atoms with Crippen molar-refractivity contribution >= 4 is 5.91 Å². The van der Waals surface area contributed by atoms with Crippen LogP contribution in [-0.2, 0) is 13.0 Å². The molecule has 3 aliphatic rings. The molecule has 4 atom stereocenters. The first-order valence-electron chi connectivity index (χ1n) is 11.0. The fraction of sp³-hybridized carbons (Fsp3) is 0.727. The van der Waals surface area contributed by atoms with Crippen molar-refractivity contribution in [2.45, 2.75) is 83.5 Å². The molecule has 1 aromatic heterocycles. The van der Waals surface area contributed by atoms with Crippen molar-refractivity contribution in [2.24, 2.45) is 11.8 Å². The largest absolute Gasteiger partial charge is 0.311 e. The topological polar surface area (TPSA) is 77.5 Å². The number of amides is 1. The number of nitrogens with one attached hydrogen (secondary N) is 2.